The van der Waals surface area contributed by atoms with Gasteiger partial charge in [-0.3, -0.25) is 9.59 Å². The minimum atomic E-state index is -0.598. The van der Waals surface area contributed by atoms with Gasteiger partial charge in [-0.25, -0.2) is 4.79 Å². The fourth-order valence-corrected chi connectivity index (χ4v) is 3.79. The Balaban J connectivity index is 1.88. The van der Waals surface area contributed by atoms with Gasteiger partial charge in [-0.2, -0.15) is 0 Å². The van der Waals surface area contributed by atoms with Crippen LogP contribution in [0.3, 0.4) is 0 Å². The molecule has 2 rings (SSSR count). The van der Waals surface area contributed by atoms with Gasteiger partial charge in [0, 0.05) is 18.9 Å². The number of carbonyl (C=O) groups is 3. The molecule has 0 bridgehead atoms. The van der Waals surface area contributed by atoms with Crippen LogP contribution in [-0.2, 0) is 19.1 Å². The average molecular weight is 338 g/mol. The molecule has 1 saturated carbocycles. The molecule has 2 aliphatic rings. The maximum absolute atomic E-state index is 12.3. The molecule has 0 aromatic carbocycles. The monoisotopic (exact) mass is 338 g/mol. The number of carbonyl (C=O) groups excluding carboxylic acids is 3. The Morgan fingerprint density at radius 2 is 1.88 bits per heavy atom. The first-order valence-corrected chi connectivity index (χ1v) is 9.25. The zero-order valence-electron chi connectivity index (χ0n) is 14.6. The summed E-state index contributed by atoms with van der Waals surface area (Å²) in [5, 5.41) is 5.65. The van der Waals surface area contributed by atoms with Crippen LogP contribution in [0.25, 0.3) is 0 Å². The van der Waals surface area contributed by atoms with E-state index in [9.17, 15) is 14.4 Å². The Morgan fingerprint density at radius 3 is 2.58 bits per heavy atom. The Morgan fingerprint density at radius 1 is 1.17 bits per heavy atom. The maximum atomic E-state index is 12.3. The number of hydrogen-bond donors (Lipinski definition) is 2. The maximum Gasteiger partial charge on any atom is 0.328 e. The third-order valence-electron chi connectivity index (χ3n) is 5.20. The summed E-state index contributed by atoms with van der Waals surface area (Å²) >= 11 is 0. The zero-order valence-corrected chi connectivity index (χ0v) is 14.6. The number of amides is 2. The fraction of sp³-hybridized carbons (Fsp3) is 0.833. The molecular weight excluding hydrogens is 308 g/mol. The van der Waals surface area contributed by atoms with Crippen molar-refractivity contribution in [2.45, 2.75) is 70.3 Å². The molecular formula is C18H30N2O4. The van der Waals surface area contributed by atoms with Crippen molar-refractivity contribution in [2.24, 2.45) is 11.8 Å². The molecule has 6 nitrogen and oxygen atoms in total. The van der Waals surface area contributed by atoms with Crippen LogP contribution in [0.4, 0.5) is 0 Å². The van der Waals surface area contributed by atoms with Gasteiger partial charge in [0.05, 0.1) is 7.11 Å². The molecule has 2 fully saturated rings. The predicted octanol–water partition coefficient (Wildman–Crippen LogP) is 1.92. The van der Waals surface area contributed by atoms with E-state index in [0.29, 0.717) is 18.9 Å². The lowest BCUT2D eigenvalue weighted by atomic mass is 9.84. The van der Waals surface area contributed by atoms with Crippen LogP contribution in [0.15, 0.2) is 0 Å². The van der Waals surface area contributed by atoms with E-state index in [1.54, 1.807) is 0 Å². The molecule has 1 saturated heterocycles. The van der Waals surface area contributed by atoms with Crippen molar-refractivity contribution in [1.82, 2.24) is 10.6 Å². The summed E-state index contributed by atoms with van der Waals surface area (Å²) in [6.45, 7) is 0.684. The number of methoxy groups -OCH3 is 1. The summed E-state index contributed by atoms with van der Waals surface area (Å²) in [4.78, 5) is 36.3. The lowest BCUT2D eigenvalue weighted by Gasteiger charge is -2.26. The molecule has 1 aliphatic heterocycles. The standard InChI is InChI=1S/C18H30N2O4/c1-24-18(23)15(11-13-7-3-2-4-8-13)20-16(21)12-14-9-5-6-10-19-17(14)22/h13-15H,2-12H2,1H3,(H,19,22)(H,20,21)/t14-,15-/m1/s1. The molecule has 2 atom stereocenters. The second kappa shape index (κ2) is 9.64. The summed E-state index contributed by atoms with van der Waals surface area (Å²) in [6, 6.07) is -0.598. The third-order valence-corrected chi connectivity index (χ3v) is 5.20. The summed E-state index contributed by atoms with van der Waals surface area (Å²) in [5.74, 6) is -0.503. The SMILES string of the molecule is COC(=O)[C@@H](CC1CCCCC1)NC(=O)C[C@H]1CCCCNC1=O. The highest BCUT2D eigenvalue weighted by molar-refractivity contribution is 5.88. The molecule has 0 aromatic rings. The highest BCUT2D eigenvalue weighted by Gasteiger charge is 2.29. The van der Waals surface area contributed by atoms with Crippen molar-refractivity contribution in [3.05, 3.63) is 0 Å². The van der Waals surface area contributed by atoms with Crippen LogP contribution in [0.2, 0.25) is 0 Å². The lowest BCUT2D eigenvalue weighted by molar-refractivity contribution is -0.145. The molecule has 24 heavy (non-hydrogen) atoms. The molecule has 136 valence electrons. The van der Waals surface area contributed by atoms with Crippen LogP contribution in [-0.4, -0.2) is 37.5 Å². The van der Waals surface area contributed by atoms with Crippen LogP contribution < -0.4 is 10.6 Å². The molecule has 0 spiro atoms. The number of hydrogen-bond acceptors (Lipinski definition) is 4. The average Bonchev–Trinajstić information content (AvgIpc) is 2.79. The van der Waals surface area contributed by atoms with Gasteiger partial charge in [-0.05, 0) is 25.2 Å². The predicted molar refractivity (Wildman–Crippen MR) is 90.1 cm³/mol. The van der Waals surface area contributed by atoms with Gasteiger partial charge in [0.15, 0.2) is 0 Å². The molecule has 6 heteroatoms. The molecule has 2 amide bonds. The lowest BCUT2D eigenvalue weighted by Crippen LogP contribution is -2.44. The van der Waals surface area contributed by atoms with Gasteiger partial charge in [0.25, 0.3) is 0 Å². The Hall–Kier alpha value is -1.59. The minimum Gasteiger partial charge on any atom is -0.467 e. The molecule has 1 aliphatic carbocycles. The highest BCUT2D eigenvalue weighted by Crippen LogP contribution is 2.27. The molecule has 0 radical (unpaired) electrons. The molecule has 0 unspecified atom stereocenters. The zero-order chi connectivity index (χ0) is 17.4. The smallest absolute Gasteiger partial charge is 0.328 e. The van der Waals surface area contributed by atoms with Gasteiger partial charge >= 0.3 is 5.97 Å². The fourth-order valence-electron chi connectivity index (χ4n) is 3.79. The van der Waals surface area contributed by atoms with Crippen LogP contribution >= 0.6 is 0 Å². The van der Waals surface area contributed by atoms with E-state index in [4.69, 9.17) is 4.74 Å². The van der Waals surface area contributed by atoms with E-state index in [-0.39, 0.29) is 30.1 Å². The Kier molecular flexibility index (Phi) is 7.53. The normalized spacial score (nSPS) is 23.7. The number of nitrogens with one attached hydrogen (secondary N) is 2. The third kappa shape index (κ3) is 5.80. The van der Waals surface area contributed by atoms with E-state index in [1.807, 2.05) is 0 Å². The van der Waals surface area contributed by atoms with E-state index in [0.717, 1.165) is 32.1 Å². The Labute approximate surface area is 144 Å². The number of rotatable bonds is 6. The first-order valence-electron chi connectivity index (χ1n) is 9.25. The van der Waals surface area contributed by atoms with Crippen molar-refractivity contribution in [2.75, 3.05) is 13.7 Å². The van der Waals surface area contributed by atoms with E-state index >= 15 is 0 Å². The van der Waals surface area contributed by atoms with Crippen molar-refractivity contribution in [3.63, 3.8) is 0 Å². The summed E-state index contributed by atoms with van der Waals surface area (Å²) in [5.41, 5.74) is 0. The van der Waals surface area contributed by atoms with Gasteiger partial charge in [0.1, 0.15) is 6.04 Å². The summed E-state index contributed by atoms with van der Waals surface area (Å²) in [7, 11) is 1.35. The number of ether oxygens (including phenoxy) is 1. The van der Waals surface area contributed by atoms with E-state index in [1.165, 1.54) is 26.4 Å². The van der Waals surface area contributed by atoms with Crippen molar-refractivity contribution >= 4 is 17.8 Å². The van der Waals surface area contributed by atoms with Crippen molar-refractivity contribution in [1.29, 1.82) is 0 Å². The van der Waals surface area contributed by atoms with Gasteiger partial charge in [0.2, 0.25) is 11.8 Å². The largest absolute Gasteiger partial charge is 0.467 e. The summed E-state index contributed by atoms with van der Waals surface area (Å²) in [6.07, 6.45) is 9.24. The highest BCUT2D eigenvalue weighted by atomic mass is 16.5. The topological polar surface area (TPSA) is 84.5 Å². The number of esters is 1. The van der Waals surface area contributed by atoms with Crippen LogP contribution in [0.1, 0.15) is 64.2 Å². The summed E-state index contributed by atoms with van der Waals surface area (Å²) < 4.78 is 4.85. The van der Waals surface area contributed by atoms with Crippen molar-refractivity contribution in [3.8, 4) is 0 Å². The van der Waals surface area contributed by atoms with Crippen molar-refractivity contribution < 1.29 is 19.1 Å². The van der Waals surface area contributed by atoms with Gasteiger partial charge in [-0.1, -0.05) is 38.5 Å². The molecule has 1 heterocycles. The molecule has 0 aromatic heterocycles. The second-order valence-electron chi connectivity index (χ2n) is 7.07. The minimum absolute atomic E-state index is 0.0513. The van der Waals surface area contributed by atoms with Crippen LogP contribution in [0.5, 0.6) is 0 Å². The first-order chi connectivity index (χ1) is 11.6. The first kappa shape index (κ1) is 18.7. The molecule has 2 N–H and O–H groups in total. The quantitative estimate of drug-likeness (QED) is 0.725. The van der Waals surface area contributed by atoms with Gasteiger partial charge in [-0.15, -0.1) is 0 Å². The van der Waals surface area contributed by atoms with Gasteiger partial charge < -0.3 is 15.4 Å². The van der Waals surface area contributed by atoms with E-state index in [2.05, 4.69) is 10.6 Å². The Bertz CT molecular complexity index is 446. The van der Waals surface area contributed by atoms with E-state index < -0.39 is 6.04 Å². The second-order valence-corrected chi connectivity index (χ2v) is 7.07. The van der Waals surface area contributed by atoms with Crippen LogP contribution in [0, 0.1) is 11.8 Å².